The minimum atomic E-state index is 0.0405. The molecule has 1 spiro atoms. The Hall–Kier alpha value is -1.68. The van der Waals surface area contributed by atoms with Gasteiger partial charge in [-0.25, -0.2) is 0 Å². The molecular weight excluding hydrogens is 252 g/mol. The van der Waals surface area contributed by atoms with Gasteiger partial charge in [-0.05, 0) is 69.0 Å². The number of piperidine rings is 1. The molecule has 0 aromatic heterocycles. The van der Waals surface area contributed by atoms with E-state index < -0.39 is 0 Å². The number of carbonyl (C=O) groups is 2. The molecule has 0 radical (unpaired) electrons. The summed E-state index contributed by atoms with van der Waals surface area (Å²) in [7, 11) is 0. The first-order valence-corrected chi connectivity index (χ1v) is 7.23. The van der Waals surface area contributed by atoms with Gasteiger partial charge in [-0.15, -0.1) is 0 Å². The average Bonchev–Trinajstić information content (AvgIpc) is 3.14. The van der Waals surface area contributed by atoms with Gasteiger partial charge in [-0.2, -0.15) is 0 Å². The summed E-state index contributed by atoms with van der Waals surface area (Å²) in [4.78, 5) is 23.5. The van der Waals surface area contributed by atoms with Crippen molar-refractivity contribution in [2.24, 2.45) is 11.3 Å². The Balaban J connectivity index is 1.61. The van der Waals surface area contributed by atoms with Crippen molar-refractivity contribution in [1.29, 1.82) is 0 Å². The summed E-state index contributed by atoms with van der Waals surface area (Å²) >= 11 is 0. The summed E-state index contributed by atoms with van der Waals surface area (Å²) in [6, 6.07) is 7.11. The Kier molecular flexibility index (Phi) is 3.34. The van der Waals surface area contributed by atoms with Crippen molar-refractivity contribution in [2.45, 2.75) is 26.2 Å². The zero-order valence-corrected chi connectivity index (χ0v) is 11.7. The number of hydrogen-bond donors (Lipinski definition) is 2. The van der Waals surface area contributed by atoms with Crippen molar-refractivity contribution in [3.8, 4) is 0 Å². The lowest BCUT2D eigenvalue weighted by Gasteiger charge is -2.23. The van der Waals surface area contributed by atoms with E-state index >= 15 is 0 Å². The number of Topliss-reactive ketones (excluding diaryl/α,β-unsaturated/α-hetero) is 1. The van der Waals surface area contributed by atoms with Gasteiger partial charge in [0.2, 0.25) is 5.91 Å². The second-order valence-electron chi connectivity index (χ2n) is 5.99. The number of amides is 1. The zero-order chi connectivity index (χ0) is 14.2. The minimum Gasteiger partial charge on any atom is -0.326 e. The molecular formula is C16H20N2O2. The molecule has 1 aliphatic heterocycles. The molecule has 1 saturated heterocycles. The van der Waals surface area contributed by atoms with E-state index in [1.165, 1.54) is 0 Å². The van der Waals surface area contributed by atoms with Crippen LogP contribution in [0.15, 0.2) is 24.3 Å². The van der Waals surface area contributed by atoms with Gasteiger partial charge in [0, 0.05) is 17.2 Å². The van der Waals surface area contributed by atoms with Gasteiger partial charge in [0.1, 0.15) is 0 Å². The standard InChI is InChI=1S/C16H20N2O2/c1-11(19)12-2-4-13(5-3-12)18-15(20)14-10-16(14)6-8-17-9-7-16/h2-5,14,17H,6-10H2,1H3,(H,18,20). The first-order valence-electron chi connectivity index (χ1n) is 7.23. The average molecular weight is 272 g/mol. The van der Waals surface area contributed by atoms with E-state index in [1.807, 2.05) is 0 Å². The van der Waals surface area contributed by atoms with Gasteiger partial charge in [0.05, 0.1) is 0 Å². The van der Waals surface area contributed by atoms with Crippen molar-refractivity contribution in [3.63, 3.8) is 0 Å². The fraction of sp³-hybridized carbons (Fsp3) is 0.500. The smallest absolute Gasteiger partial charge is 0.228 e. The molecule has 1 unspecified atom stereocenters. The van der Waals surface area contributed by atoms with Gasteiger partial charge in [0.25, 0.3) is 0 Å². The van der Waals surface area contributed by atoms with Crippen LogP contribution in [0.3, 0.4) is 0 Å². The zero-order valence-electron chi connectivity index (χ0n) is 11.7. The topological polar surface area (TPSA) is 58.2 Å². The van der Waals surface area contributed by atoms with Crippen LogP contribution in [0.5, 0.6) is 0 Å². The van der Waals surface area contributed by atoms with Gasteiger partial charge in [-0.1, -0.05) is 0 Å². The lowest BCUT2D eigenvalue weighted by molar-refractivity contribution is -0.118. The molecule has 1 amide bonds. The van der Waals surface area contributed by atoms with Crippen LogP contribution in [0.1, 0.15) is 36.5 Å². The fourth-order valence-electron chi connectivity index (χ4n) is 3.21. The summed E-state index contributed by atoms with van der Waals surface area (Å²) in [5, 5.41) is 6.31. The molecule has 1 atom stereocenters. The maximum absolute atomic E-state index is 12.3. The van der Waals surface area contributed by atoms with Crippen LogP contribution in [-0.4, -0.2) is 24.8 Å². The Morgan fingerprint density at radius 3 is 2.45 bits per heavy atom. The molecule has 1 heterocycles. The highest BCUT2D eigenvalue weighted by Gasteiger charge is 2.57. The van der Waals surface area contributed by atoms with E-state index in [9.17, 15) is 9.59 Å². The minimum absolute atomic E-state index is 0.0405. The highest BCUT2D eigenvalue weighted by Crippen LogP contribution is 2.58. The molecule has 20 heavy (non-hydrogen) atoms. The number of benzene rings is 1. The monoisotopic (exact) mass is 272 g/mol. The molecule has 1 aromatic rings. The van der Waals surface area contributed by atoms with Gasteiger partial charge < -0.3 is 10.6 Å². The largest absolute Gasteiger partial charge is 0.326 e. The van der Waals surface area contributed by atoms with Crippen LogP contribution in [0.2, 0.25) is 0 Å². The summed E-state index contributed by atoms with van der Waals surface area (Å²) in [5.74, 6) is 0.332. The number of ketones is 1. The third kappa shape index (κ3) is 2.48. The molecule has 1 saturated carbocycles. The number of carbonyl (C=O) groups excluding carboxylic acids is 2. The van der Waals surface area contributed by atoms with Crippen LogP contribution in [0.25, 0.3) is 0 Å². The van der Waals surface area contributed by atoms with E-state index in [2.05, 4.69) is 10.6 Å². The molecule has 2 N–H and O–H groups in total. The molecule has 3 rings (SSSR count). The second-order valence-corrected chi connectivity index (χ2v) is 5.99. The number of anilines is 1. The number of nitrogens with one attached hydrogen (secondary N) is 2. The highest BCUT2D eigenvalue weighted by molar-refractivity contribution is 5.97. The quantitative estimate of drug-likeness (QED) is 0.829. The van der Waals surface area contributed by atoms with Gasteiger partial charge >= 0.3 is 0 Å². The Morgan fingerprint density at radius 2 is 1.85 bits per heavy atom. The maximum atomic E-state index is 12.3. The van der Waals surface area contributed by atoms with Crippen LogP contribution in [-0.2, 0) is 4.79 Å². The molecule has 2 fully saturated rings. The normalized spacial score (nSPS) is 23.4. The Labute approximate surface area is 118 Å². The molecule has 106 valence electrons. The lowest BCUT2D eigenvalue weighted by Crippen LogP contribution is -2.31. The second kappa shape index (κ2) is 5.02. The molecule has 4 nitrogen and oxygen atoms in total. The summed E-state index contributed by atoms with van der Waals surface area (Å²) < 4.78 is 0. The van der Waals surface area contributed by atoms with E-state index in [1.54, 1.807) is 31.2 Å². The van der Waals surface area contributed by atoms with Crippen LogP contribution in [0.4, 0.5) is 5.69 Å². The van der Waals surface area contributed by atoms with Crippen molar-refractivity contribution in [2.75, 3.05) is 18.4 Å². The van der Waals surface area contributed by atoms with Gasteiger partial charge in [-0.3, -0.25) is 9.59 Å². The summed E-state index contributed by atoms with van der Waals surface area (Å²) in [6.07, 6.45) is 3.23. The van der Waals surface area contributed by atoms with E-state index in [0.717, 1.165) is 38.0 Å². The predicted molar refractivity (Wildman–Crippen MR) is 77.7 cm³/mol. The SMILES string of the molecule is CC(=O)c1ccc(NC(=O)C2CC23CCNCC3)cc1. The predicted octanol–water partition coefficient (Wildman–Crippen LogP) is 2.22. The van der Waals surface area contributed by atoms with Crippen LogP contribution in [0, 0.1) is 11.3 Å². The van der Waals surface area contributed by atoms with Crippen LogP contribution >= 0.6 is 0 Å². The molecule has 1 aromatic carbocycles. The maximum Gasteiger partial charge on any atom is 0.228 e. The lowest BCUT2D eigenvalue weighted by atomic mass is 9.92. The van der Waals surface area contributed by atoms with E-state index in [-0.39, 0.29) is 23.0 Å². The Bertz CT molecular complexity index is 530. The third-order valence-corrected chi connectivity index (χ3v) is 4.66. The first kappa shape index (κ1) is 13.3. The summed E-state index contributed by atoms with van der Waals surface area (Å²) in [6.45, 7) is 3.59. The van der Waals surface area contributed by atoms with E-state index in [0.29, 0.717) is 5.56 Å². The van der Waals surface area contributed by atoms with Crippen molar-refractivity contribution in [1.82, 2.24) is 5.32 Å². The summed E-state index contributed by atoms with van der Waals surface area (Å²) in [5.41, 5.74) is 1.70. The highest BCUT2D eigenvalue weighted by atomic mass is 16.2. The molecule has 2 aliphatic rings. The van der Waals surface area contributed by atoms with E-state index in [4.69, 9.17) is 0 Å². The first-order chi connectivity index (χ1) is 9.61. The number of hydrogen-bond acceptors (Lipinski definition) is 3. The Morgan fingerprint density at radius 1 is 1.20 bits per heavy atom. The molecule has 1 aliphatic carbocycles. The third-order valence-electron chi connectivity index (χ3n) is 4.66. The van der Waals surface area contributed by atoms with Crippen molar-refractivity contribution in [3.05, 3.63) is 29.8 Å². The van der Waals surface area contributed by atoms with Crippen molar-refractivity contribution >= 4 is 17.4 Å². The fourth-order valence-corrected chi connectivity index (χ4v) is 3.21. The van der Waals surface area contributed by atoms with Crippen LogP contribution < -0.4 is 10.6 Å². The van der Waals surface area contributed by atoms with Gasteiger partial charge in [0.15, 0.2) is 5.78 Å². The molecule has 0 bridgehead atoms. The van der Waals surface area contributed by atoms with Crippen molar-refractivity contribution < 1.29 is 9.59 Å². The number of rotatable bonds is 3. The molecule has 4 heteroatoms.